The molecule has 0 amide bonds. The quantitative estimate of drug-likeness (QED) is 0.114. The van der Waals surface area contributed by atoms with Crippen LogP contribution in [0.5, 0.6) is 0 Å². The first kappa shape index (κ1) is 48.6. The number of benzene rings is 11. The summed E-state index contributed by atoms with van der Waals surface area (Å²) in [5, 5.41) is 4.63. The molecule has 374 valence electrons. The zero-order valence-electron chi connectivity index (χ0n) is 43.3. The maximum atomic E-state index is 15.7. The van der Waals surface area contributed by atoms with Gasteiger partial charge in [-0.1, -0.05) is 286 Å². The summed E-state index contributed by atoms with van der Waals surface area (Å²) in [6.45, 7) is 0. The van der Waals surface area contributed by atoms with E-state index < -0.39 is 7.14 Å². The predicted molar refractivity (Wildman–Crippen MR) is 325 cm³/mol. The Morgan fingerprint density at radius 2 is 0.692 bits per heavy atom. The minimum Gasteiger partial charge on any atom is -0.309 e. The number of hydrogen-bond acceptors (Lipinski definition) is 4. The smallest absolute Gasteiger partial charge is 0.171 e. The normalized spacial score (nSPS) is 13.3. The second-order valence-electron chi connectivity index (χ2n) is 20.5. The summed E-state index contributed by atoms with van der Waals surface area (Å²) in [4.78, 5) is 15.7. The van der Waals surface area contributed by atoms with Crippen molar-refractivity contribution in [1.29, 1.82) is 0 Å². The highest BCUT2D eigenvalue weighted by Gasteiger charge is 2.36. The lowest BCUT2D eigenvalue weighted by molar-refractivity contribution is 0.346. The summed E-state index contributed by atoms with van der Waals surface area (Å²) in [6.07, 6.45) is 5.70. The van der Waals surface area contributed by atoms with Crippen LogP contribution in [0.25, 0.3) is 89.4 Å². The number of nitrogens with zero attached hydrogens (tertiary/aromatic N) is 3. The lowest BCUT2D eigenvalue weighted by Crippen LogP contribution is -2.30. The molecule has 1 fully saturated rings. The summed E-state index contributed by atoms with van der Waals surface area (Å²) in [6, 6.07) is 97.7. The Bertz CT molecular complexity index is 4060. The first-order valence-electron chi connectivity index (χ1n) is 27.1. The van der Waals surface area contributed by atoms with Crippen molar-refractivity contribution in [3.8, 4) is 78.7 Å². The third-order valence-corrected chi connectivity index (χ3v) is 19.1. The molecular formula is C73H56N3OP. The molecule has 5 heteroatoms. The van der Waals surface area contributed by atoms with Gasteiger partial charge in [-0.2, -0.15) is 0 Å². The van der Waals surface area contributed by atoms with Crippen LogP contribution in [-0.2, 0) is 9.98 Å². The summed E-state index contributed by atoms with van der Waals surface area (Å²) in [5.74, 6) is 1.89. The van der Waals surface area contributed by atoms with E-state index in [2.05, 4.69) is 212 Å². The van der Waals surface area contributed by atoms with Gasteiger partial charge in [-0.25, -0.2) is 15.0 Å². The van der Waals surface area contributed by atoms with Crippen LogP contribution >= 0.6 is 7.14 Å². The Labute approximate surface area is 457 Å². The number of hydrogen-bond donors (Lipinski definition) is 0. The second-order valence-corrected chi connectivity index (χ2v) is 23.2. The van der Waals surface area contributed by atoms with Crippen LogP contribution < -0.4 is 15.9 Å². The van der Waals surface area contributed by atoms with E-state index in [9.17, 15) is 0 Å². The van der Waals surface area contributed by atoms with Crippen molar-refractivity contribution in [2.45, 2.75) is 37.5 Å². The lowest BCUT2D eigenvalue weighted by atomic mass is 9.65. The maximum Gasteiger partial charge on any atom is 0.171 e. The molecule has 0 bridgehead atoms. The fraction of sp³-hybridized carbons (Fsp3) is 0.0822. The third-order valence-electron chi connectivity index (χ3n) is 16.0. The Morgan fingerprint density at radius 1 is 0.295 bits per heavy atom. The van der Waals surface area contributed by atoms with E-state index in [0.29, 0.717) is 17.5 Å². The van der Waals surface area contributed by atoms with Gasteiger partial charge < -0.3 is 4.57 Å². The van der Waals surface area contributed by atoms with E-state index >= 15 is 4.57 Å². The van der Waals surface area contributed by atoms with Crippen molar-refractivity contribution in [3.05, 3.63) is 290 Å². The predicted octanol–water partition coefficient (Wildman–Crippen LogP) is 17.6. The number of aromatic nitrogens is 3. The molecule has 0 spiro atoms. The molecule has 11 aromatic carbocycles. The van der Waals surface area contributed by atoms with Gasteiger partial charge in [0, 0.05) is 38.0 Å². The topological polar surface area (TPSA) is 55.7 Å². The van der Waals surface area contributed by atoms with E-state index in [1.54, 1.807) is 0 Å². The highest BCUT2D eigenvalue weighted by Crippen LogP contribution is 2.48. The maximum absolute atomic E-state index is 15.7. The molecule has 1 aromatic heterocycles. The van der Waals surface area contributed by atoms with Gasteiger partial charge in [0.05, 0.1) is 0 Å². The van der Waals surface area contributed by atoms with Crippen molar-refractivity contribution in [2.75, 3.05) is 0 Å². The van der Waals surface area contributed by atoms with Crippen molar-refractivity contribution in [2.24, 2.45) is 0 Å². The summed E-state index contributed by atoms with van der Waals surface area (Å²) < 4.78 is 15.7. The average Bonchev–Trinajstić information content (AvgIpc) is 3.63. The van der Waals surface area contributed by atoms with Gasteiger partial charge in [-0.05, 0) is 91.4 Å². The monoisotopic (exact) mass is 1020 g/mol. The van der Waals surface area contributed by atoms with E-state index in [1.165, 1.54) is 34.2 Å². The zero-order valence-corrected chi connectivity index (χ0v) is 44.2. The Balaban J connectivity index is 0.851. The highest BCUT2D eigenvalue weighted by molar-refractivity contribution is 7.85. The Morgan fingerprint density at radius 3 is 1.26 bits per heavy atom. The van der Waals surface area contributed by atoms with Gasteiger partial charge in [0.2, 0.25) is 0 Å². The van der Waals surface area contributed by atoms with Crippen LogP contribution in [0.2, 0.25) is 0 Å². The van der Waals surface area contributed by atoms with Crippen LogP contribution in [0.3, 0.4) is 0 Å². The van der Waals surface area contributed by atoms with E-state index in [1.807, 2.05) is 66.7 Å². The third kappa shape index (κ3) is 9.19. The molecule has 1 saturated carbocycles. The van der Waals surface area contributed by atoms with Crippen LogP contribution in [0, 0.1) is 0 Å². The standard InChI is InChI=1S/C73H56N3OP/c77-78(62-27-10-3-11-28-62,63-29-12-4-13-30-63)69-48-47-66(67-33-16-17-34-68(67)69)55-39-43-60(44-40-55)73(49-18-5-19-50-73)61-45-41-57(42-46-61)71-74-70(75-72(76-71)59-26-20-25-58(51-59)52-21-6-1-7-22-52)56-37-35-54(36-38-56)65-32-15-14-31-64(65)53-23-8-2-9-24-53/h1-4,6-17,20-48,51H,5,18-19,49-50H2. The van der Waals surface area contributed by atoms with Gasteiger partial charge in [-0.15, -0.1) is 0 Å². The summed E-state index contributed by atoms with van der Waals surface area (Å²) in [7, 11) is -3.20. The highest BCUT2D eigenvalue weighted by atomic mass is 31.2. The van der Waals surface area contributed by atoms with Crippen LogP contribution in [0.1, 0.15) is 43.2 Å². The molecule has 1 aliphatic carbocycles. The Hall–Kier alpha value is -9.08. The van der Waals surface area contributed by atoms with Crippen LogP contribution in [0.15, 0.2) is 279 Å². The van der Waals surface area contributed by atoms with Gasteiger partial charge >= 0.3 is 0 Å². The van der Waals surface area contributed by atoms with Crippen molar-refractivity contribution in [3.63, 3.8) is 0 Å². The molecule has 0 aliphatic heterocycles. The minimum absolute atomic E-state index is 0.145. The fourth-order valence-corrected chi connectivity index (χ4v) is 14.8. The zero-order chi connectivity index (χ0) is 52.3. The molecule has 78 heavy (non-hydrogen) atoms. The van der Waals surface area contributed by atoms with Crippen LogP contribution in [0.4, 0.5) is 0 Å². The average molecular weight is 1020 g/mol. The van der Waals surface area contributed by atoms with E-state index in [-0.39, 0.29) is 5.41 Å². The largest absolute Gasteiger partial charge is 0.309 e. The molecular weight excluding hydrogens is 966 g/mol. The molecule has 12 aromatic rings. The van der Waals surface area contributed by atoms with Gasteiger partial charge in [-0.3, -0.25) is 0 Å². The first-order chi connectivity index (χ1) is 38.5. The first-order valence-corrected chi connectivity index (χ1v) is 28.9. The molecule has 0 N–H and O–H groups in total. The van der Waals surface area contributed by atoms with Crippen LogP contribution in [-0.4, -0.2) is 15.0 Å². The Kier molecular flexibility index (Phi) is 13.2. The molecule has 0 unspecified atom stereocenters. The van der Waals surface area contributed by atoms with Crippen molar-refractivity contribution in [1.82, 2.24) is 15.0 Å². The molecule has 0 atom stereocenters. The fourth-order valence-electron chi connectivity index (χ4n) is 12.0. The number of fused-ring (bicyclic) bond motifs is 1. The van der Waals surface area contributed by atoms with E-state index in [0.717, 1.165) is 96.9 Å². The van der Waals surface area contributed by atoms with Gasteiger partial charge in [0.1, 0.15) is 0 Å². The van der Waals surface area contributed by atoms with Crippen molar-refractivity contribution < 1.29 is 4.57 Å². The van der Waals surface area contributed by atoms with Gasteiger partial charge in [0.15, 0.2) is 24.6 Å². The molecule has 4 nitrogen and oxygen atoms in total. The van der Waals surface area contributed by atoms with E-state index in [4.69, 9.17) is 15.0 Å². The number of rotatable bonds is 12. The molecule has 13 rings (SSSR count). The molecule has 0 saturated heterocycles. The minimum atomic E-state index is -3.20. The molecule has 1 aliphatic rings. The lowest BCUT2D eigenvalue weighted by Gasteiger charge is -2.39. The van der Waals surface area contributed by atoms with Gasteiger partial charge in [0.25, 0.3) is 0 Å². The van der Waals surface area contributed by atoms with Crippen molar-refractivity contribution >= 4 is 33.8 Å². The second kappa shape index (κ2) is 21.2. The SMILES string of the molecule is O=P(c1ccccc1)(c1ccccc1)c1ccc(-c2ccc(C3(c4ccc(-c5nc(-c6ccc(-c7ccccc7-c7ccccc7)cc6)nc(-c6cccc(-c7ccccc7)c6)n5)cc4)CCCCC3)cc2)c2ccccc12. The molecule has 0 radical (unpaired) electrons. The summed E-state index contributed by atoms with van der Waals surface area (Å²) in [5.41, 5.74) is 14.5. The summed E-state index contributed by atoms with van der Waals surface area (Å²) >= 11 is 0. The molecule has 1 heterocycles.